The second kappa shape index (κ2) is 8.64. The highest BCUT2D eigenvalue weighted by Gasteiger charge is 2.30. The number of carbonyl (C=O) groups is 1. The predicted molar refractivity (Wildman–Crippen MR) is 100 cm³/mol. The van der Waals surface area contributed by atoms with E-state index in [0.717, 1.165) is 23.9 Å². The molecule has 0 atom stereocenters. The summed E-state index contributed by atoms with van der Waals surface area (Å²) >= 11 is 1.09. The fraction of sp³-hybridized carbons (Fsp3) is 0.211. The summed E-state index contributed by atoms with van der Waals surface area (Å²) in [6.07, 6.45) is -4.43. The van der Waals surface area contributed by atoms with E-state index in [1.807, 2.05) is 0 Å². The number of halogens is 4. The van der Waals surface area contributed by atoms with Crippen molar-refractivity contribution >= 4 is 17.7 Å². The summed E-state index contributed by atoms with van der Waals surface area (Å²) in [7, 11) is 1.66. The number of thioether (sulfide) groups is 1. The molecule has 2 aromatic carbocycles. The van der Waals surface area contributed by atoms with Gasteiger partial charge in [-0.1, -0.05) is 36.0 Å². The van der Waals surface area contributed by atoms with E-state index in [-0.39, 0.29) is 18.2 Å². The molecule has 1 heterocycles. The van der Waals surface area contributed by atoms with Crippen LogP contribution in [0.5, 0.6) is 0 Å². The fourth-order valence-electron chi connectivity index (χ4n) is 2.56. The average Bonchev–Trinajstić information content (AvgIpc) is 3.05. The van der Waals surface area contributed by atoms with E-state index in [9.17, 15) is 22.4 Å². The molecule has 0 aliphatic carbocycles. The maximum Gasteiger partial charge on any atom is 0.416 e. The van der Waals surface area contributed by atoms with Crippen LogP contribution in [0.4, 0.5) is 17.6 Å². The van der Waals surface area contributed by atoms with Gasteiger partial charge in [-0.05, 0) is 29.8 Å². The summed E-state index contributed by atoms with van der Waals surface area (Å²) in [4.78, 5) is 12.0. The molecule has 152 valence electrons. The van der Waals surface area contributed by atoms with E-state index in [4.69, 9.17) is 0 Å². The van der Waals surface area contributed by atoms with Crippen molar-refractivity contribution in [2.45, 2.75) is 17.9 Å². The Morgan fingerprint density at radius 3 is 2.62 bits per heavy atom. The zero-order valence-corrected chi connectivity index (χ0v) is 16.0. The van der Waals surface area contributed by atoms with E-state index >= 15 is 0 Å². The molecule has 1 aromatic heterocycles. The molecule has 0 saturated carbocycles. The number of hydrogen-bond acceptors (Lipinski definition) is 4. The van der Waals surface area contributed by atoms with E-state index in [1.165, 1.54) is 18.2 Å². The lowest BCUT2D eigenvalue weighted by Crippen LogP contribution is -2.25. The van der Waals surface area contributed by atoms with Crippen molar-refractivity contribution in [2.75, 3.05) is 5.75 Å². The highest BCUT2D eigenvalue weighted by atomic mass is 32.2. The van der Waals surface area contributed by atoms with Gasteiger partial charge in [-0.15, -0.1) is 10.2 Å². The van der Waals surface area contributed by atoms with Gasteiger partial charge in [0.25, 0.3) is 0 Å². The minimum Gasteiger partial charge on any atom is -0.351 e. The molecule has 0 radical (unpaired) electrons. The number of hydrogen-bond donors (Lipinski definition) is 1. The Bertz CT molecular complexity index is 1020. The van der Waals surface area contributed by atoms with E-state index in [0.29, 0.717) is 22.1 Å². The Balaban J connectivity index is 1.57. The summed E-state index contributed by atoms with van der Waals surface area (Å²) < 4.78 is 53.7. The number of nitrogens with zero attached hydrogens (tertiary/aromatic N) is 3. The molecular formula is C19H16F4N4OS. The number of nitrogens with one attached hydrogen (secondary N) is 1. The van der Waals surface area contributed by atoms with Crippen molar-refractivity contribution in [2.24, 2.45) is 7.05 Å². The third kappa shape index (κ3) is 5.14. The van der Waals surface area contributed by atoms with Crippen molar-refractivity contribution in [3.8, 4) is 11.4 Å². The van der Waals surface area contributed by atoms with E-state index < -0.39 is 17.6 Å². The van der Waals surface area contributed by atoms with Crippen molar-refractivity contribution in [1.82, 2.24) is 20.1 Å². The summed E-state index contributed by atoms with van der Waals surface area (Å²) in [5, 5.41) is 10.9. The zero-order valence-electron chi connectivity index (χ0n) is 15.2. The summed E-state index contributed by atoms with van der Waals surface area (Å²) in [6, 6.07) is 10.9. The maximum absolute atomic E-state index is 13.9. The van der Waals surface area contributed by atoms with Crippen LogP contribution in [-0.2, 0) is 24.6 Å². The molecule has 10 heteroatoms. The normalized spacial score (nSPS) is 11.5. The quantitative estimate of drug-likeness (QED) is 0.479. The van der Waals surface area contributed by atoms with Gasteiger partial charge < -0.3 is 9.88 Å². The van der Waals surface area contributed by atoms with Crippen LogP contribution in [0.25, 0.3) is 11.4 Å². The lowest BCUT2D eigenvalue weighted by atomic mass is 10.1. The van der Waals surface area contributed by atoms with Gasteiger partial charge in [0.15, 0.2) is 11.0 Å². The van der Waals surface area contributed by atoms with Gasteiger partial charge in [-0.3, -0.25) is 4.79 Å². The van der Waals surface area contributed by atoms with Gasteiger partial charge in [0.2, 0.25) is 5.91 Å². The smallest absolute Gasteiger partial charge is 0.351 e. The predicted octanol–water partition coefficient (Wildman–Crippen LogP) is 4.05. The van der Waals surface area contributed by atoms with Crippen LogP contribution in [0.2, 0.25) is 0 Å². The molecule has 0 fully saturated rings. The van der Waals surface area contributed by atoms with Crippen LogP contribution in [0, 0.1) is 5.82 Å². The van der Waals surface area contributed by atoms with Gasteiger partial charge in [0, 0.05) is 13.6 Å². The van der Waals surface area contributed by atoms with E-state index in [1.54, 1.807) is 29.8 Å². The zero-order chi connectivity index (χ0) is 21.0. The van der Waals surface area contributed by atoms with Crippen LogP contribution in [0.15, 0.2) is 53.7 Å². The molecule has 29 heavy (non-hydrogen) atoms. The molecule has 0 aliphatic rings. The van der Waals surface area contributed by atoms with Crippen LogP contribution < -0.4 is 5.32 Å². The molecule has 0 unspecified atom stereocenters. The molecule has 0 saturated heterocycles. The summed E-state index contributed by atoms with van der Waals surface area (Å²) in [5.74, 6) is -0.487. The first-order valence-electron chi connectivity index (χ1n) is 8.45. The molecule has 0 bridgehead atoms. The third-order valence-electron chi connectivity index (χ3n) is 4.03. The number of aromatic nitrogens is 3. The van der Waals surface area contributed by atoms with Gasteiger partial charge in [-0.2, -0.15) is 13.2 Å². The minimum atomic E-state index is -4.43. The summed E-state index contributed by atoms with van der Waals surface area (Å²) in [5.41, 5.74) is -0.125. The lowest BCUT2D eigenvalue weighted by molar-refractivity contribution is -0.137. The molecule has 3 rings (SSSR count). The van der Waals surface area contributed by atoms with Crippen molar-refractivity contribution in [3.05, 3.63) is 65.5 Å². The molecule has 0 aliphatic heterocycles. The number of benzene rings is 2. The van der Waals surface area contributed by atoms with Gasteiger partial charge >= 0.3 is 6.18 Å². The Kier molecular flexibility index (Phi) is 6.21. The fourth-order valence-corrected chi connectivity index (χ4v) is 3.30. The monoisotopic (exact) mass is 424 g/mol. The first kappa shape index (κ1) is 20.8. The summed E-state index contributed by atoms with van der Waals surface area (Å²) in [6.45, 7) is -0.0252. The second-order valence-corrected chi connectivity index (χ2v) is 7.05. The molecular weight excluding hydrogens is 408 g/mol. The van der Waals surface area contributed by atoms with Crippen LogP contribution >= 0.6 is 11.8 Å². The Morgan fingerprint density at radius 1 is 1.14 bits per heavy atom. The standard InChI is InChI=1S/C19H16F4N4OS/c1-27-17(14-7-2-3-8-15(14)20)25-26-18(27)29-11-16(28)24-10-12-5-4-6-13(9-12)19(21,22)23/h2-9H,10-11H2,1H3,(H,24,28). The first-order valence-corrected chi connectivity index (χ1v) is 9.44. The Hall–Kier alpha value is -2.88. The van der Waals surface area contributed by atoms with Gasteiger partial charge in [0.05, 0.1) is 16.9 Å². The highest BCUT2D eigenvalue weighted by Crippen LogP contribution is 2.29. The molecule has 1 N–H and O–H groups in total. The SMILES string of the molecule is Cn1c(SCC(=O)NCc2cccc(C(F)(F)F)c2)nnc1-c1ccccc1F. The van der Waals surface area contributed by atoms with Crippen LogP contribution in [-0.4, -0.2) is 26.4 Å². The topological polar surface area (TPSA) is 59.8 Å². The maximum atomic E-state index is 13.9. The highest BCUT2D eigenvalue weighted by molar-refractivity contribution is 7.99. The molecule has 1 amide bonds. The number of amides is 1. The van der Waals surface area contributed by atoms with Crippen molar-refractivity contribution in [1.29, 1.82) is 0 Å². The number of alkyl halides is 3. The number of rotatable bonds is 6. The second-order valence-electron chi connectivity index (χ2n) is 6.11. The Labute approximate surface area is 168 Å². The first-order chi connectivity index (χ1) is 13.8. The van der Waals surface area contributed by atoms with Crippen LogP contribution in [0.3, 0.4) is 0 Å². The van der Waals surface area contributed by atoms with E-state index in [2.05, 4.69) is 15.5 Å². The Morgan fingerprint density at radius 2 is 1.90 bits per heavy atom. The van der Waals surface area contributed by atoms with Crippen molar-refractivity contribution in [3.63, 3.8) is 0 Å². The average molecular weight is 424 g/mol. The molecule has 3 aromatic rings. The lowest BCUT2D eigenvalue weighted by Gasteiger charge is -2.09. The van der Waals surface area contributed by atoms with Crippen molar-refractivity contribution < 1.29 is 22.4 Å². The van der Waals surface area contributed by atoms with Gasteiger partial charge in [-0.25, -0.2) is 4.39 Å². The molecule has 5 nitrogen and oxygen atoms in total. The minimum absolute atomic E-state index is 0.0117. The molecule has 0 spiro atoms. The third-order valence-corrected chi connectivity index (χ3v) is 5.05. The largest absolute Gasteiger partial charge is 0.416 e. The van der Waals surface area contributed by atoms with Crippen LogP contribution in [0.1, 0.15) is 11.1 Å². The van der Waals surface area contributed by atoms with Gasteiger partial charge in [0.1, 0.15) is 5.82 Å². The number of carbonyl (C=O) groups excluding carboxylic acids is 1.